The van der Waals surface area contributed by atoms with Crippen molar-refractivity contribution in [3.05, 3.63) is 78.4 Å². The van der Waals surface area contributed by atoms with Crippen molar-refractivity contribution in [1.82, 2.24) is 10.0 Å². The first-order valence-electron chi connectivity index (χ1n) is 7.55. The Hall–Kier alpha value is -2.44. The van der Waals surface area contributed by atoms with Gasteiger partial charge in [-0.15, -0.1) is 6.58 Å². The van der Waals surface area contributed by atoms with Gasteiger partial charge in [-0.3, -0.25) is 4.79 Å². The van der Waals surface area contributed by atoms with Crippen LogP contribution in [0.25, 0.3) is 0 Å². The van der Waals surface area contributed by atoms with Gasteiger partial charge in [-0.25, -0.2) is 13.1 Å². The van der Waals surface area contributed by atoms with Crippen molar-refractivity contribution >= 4 is 15.9 Å². The topological polar surface area (TPSA) is 75.3 Å². The lowest BCUT2D eigenvalue weighted by Crippen LogP contribution is -2.27. The van der Waals surface area contributed by atoms with E-state index in [4.69, 9.17) is 0 Å². The van der Waals surface area contributed by atoms with Crippen LogP contribution >= 0.6 is 0 Å². The molecule has 0 atom stereocenters. The third-order valence-electron chi connectivity index (χ3n) is 3.37. The van der Waals surface area contributed by atoms with Crippen LogP contribution in [0, 0.1) is 0 Å². The van der Waals surface area contributed by atoms with Crippen molar-refractivity contribution in [3.63, 3.8) is 0 Å². The molecule has 2 aromatic rings. The molecule has 6 heteroatoms. The number of amides is 1. The number of hydrogen-bond acceptors (Lipinski definition) is 3. The molecule has 0 aliphatic carbocycles. The molecule has 126 valence electrons. The summed E-state index contributed by atoms with van der Waals surface area (Å²) in [5.41, 5.74) is 1.44. The number of benzene rings is 2. The zero-order valence-corrected chi connectivity index (χ0v) is 14.1. The van der Waals surface area contributed by atoms with Crippen LogP contribution < -0.4 is 10.0 Å². The highest BCUT2D eigenvalue weighted by Gasteiger charge is 2.15. The summed E-state index contributed by atoms with van der Waals surface area (Å²) in [6.07, 6.45) is 2.17. The predicted octanol–water partition coefficient (Wildman–Crippen LogP) is 2.12. The fourth-order valence-electron chi connectivity index (χ4n) is 2.12. The number of sulfonamides is 1. The molecule has 2 aromatic carbocycles. The third-order valence-corrected chi connectivity index (χ3v) is 4.79. The Balaban J connectivity index is 2.00. The monoisotopic (exact) mass is 344 g/mol. The first-order chi connectivity index (χ1) is 11.5. The molecular formula is C18H20N2O3S. The molecule has 0 fully saturated rings. The quantitative estimate of drug-likeness (QED) is 0.720. The first kappa shape index (κ1) is 17.9. The van der Waals surface area contributed by atoms with Gasteiger partial charge in [0.1, 0.15) is 0 Å². The van der Waals surface area contributed by atoms with Gasteiger partial charge in [0, 0.05) is 18.7 Å². The van der Waals surface area contributed by atoms with Crippen molar-refractivity contribution in [2.75, 3.05) is 13.1 Å². The van der Waals surface area contributed by atoms with Gasteiger partial charge in [0.25, 0.3) is 5.91 Å². The van der Waals surface area contributed by atoms with E-state index < -0.39 is 10.0 Å². The molecule has 0 radical (unpaired) electrons. The van der Waals surface area contributed by atoms with Crippen molar-refractivity contribution in [3.8, 4) is 0 Å². The Morgan fingerprint density at radius 1 is 1.08 bits per heavy atom. The van der Waals surface area contributed by atoms with Gasteiger partial charge in [-0.05, 0) is 30.2 Å². The van der Waals surface area contributed by atoms with Crippen LogP contribution in [0.2, 0.25) is 0 Å². The zero-order chi connectivity index (χ0) is 17.4. The normalized spacial score (nSPS) is 11.0. The lowest BCUT2D eigenvalue weighted by Gasteiger charge is -2.08. The van der Waals surface area contributed by atoms with Crippen LogP contribution in [0.3, 0.4) is 0 Å². The Bertz CT molecular complexity index is 802. The highest BCUT2D eigenvalue weighted by molar-refractivity contribution is 7.89. The Labute approximate surface area is 142 Å². The Morgan fingerprint density at radius 3 is 2.54 bits per heavy atom. The number of rotatable bonds is 8. The minimum absolute atomic E-state index is 0.0556. The summed E-state index contributed by atoms with van der Waals surface area (Å²) in [6.45, 7) is 4.09. The fourth-order valence-corrected chi connectivity index (χ4v) is 3.17. The highest BCUT2D eigenvalue weighted by atomic mass is 32.2. The molecule has 0 saturated heterocycles. The van der Waals surface area contributed by atoms with E-state index in [1.165, 1.54) is 18.2 Å². The van der Waals surface area contributed by atoms with Gasteiger partial charge in [0.15, 0.2) is 0 Å². The molecule has 0 aliphatic rings. The second-order valence-corrected chi connectivity index (χ2v) is 6.93. The zero-order valence-electron chi connectivity index (χ0n) is 13.2. The van der Waals surface area contributed by atoms with Crippen LogP contribution in [0.1, 0.15) is 15.9 Å². The molecule has 0 aliphatic heterocycles. The SMILES string of the molecule is C=CCNS(=O)(=O)c1cccc(C(=O)NCCc2ccccc2)c1. The van der Waals surface area contributed by atoms with Crippen LogP contribution in [0.4, 0.5) is 0 Å². The first-order valence-corrected chi connectivity index (χ1v) is 9.04. The average molecular weight is 344 g/mol. The fraction of sp³-hybridized carbons (Fsp3) is 0.167. The van der Waals surface area contributed by atoms with Gasteiger partial charge in [-0.1, -0.05) is 42.5 Å². The van der Waals surface area contributed by atoms with Gasteiger partial charge in [0.05, 0.1) is 4.90 Å². The number of carbonyl (C=O) groups is 1. The highest BCUT2D eigenvalue weighted by Crippen LogP contribution is 2.11. The van der Waals surface area contributed by atoms with E-state index in [2.05, 4.69) is 16.6 Å². The maximum atomic E-state index is 12.2. The maximum Gasteiger partial charge on any atom is 0.251 e. The van der Waals surface area contributed by atoms with Crippen molar-refractivity contribution in [2.24, 2.45) is 0 Å². The van der Waals surface area contributed by atoms with Crippen LogP contribution in [-0.4, -0.2) is 27.4 Å². The smallest absolute Gasteiger partial charge is 0.251 e. The minimum Gasteiger partial charge on any atom is -0.352 e. The largest absolute Gasteiger partial charge is 0.352 e. The van der Waals surface area contributed by atoms with Crippen molar-refractivity contribution in [1.29, 1.82) is 0 Å². The molecule has 24 heavy (non-hydrogen) atoms. The summed E-state index contributed by atoms with van der Waals surface area (Å²) < 4.78 is 26.5. The summed E-state index contributed by atoms with van der Waals surface area (Å²) >= 11 is 0. The number of nitrogens with one attached hydrogen (secondary N) is 2. The van der Waals surface area contributed by atoms with Gasteiger partial charge in [0.2, 0.25) is 10.0 Å². The molecule has 2 N–H and O–H groups in total. The van der Waals surface area contributed by atoms with E-state index >= 15 is 0 Å². The summed E-state index contributed by atoms with van der Waals surface area (Å²) in [7, 11) is -3.64. The Kier molecular flexibility index (Phi) is 6.28. The van der Waals surface area contributed by atoms with Gasteiger partial charge >= 0.3 is 0 Å². The molecule has 2 rings (SSSR count). The maximum absolute atomic E-state index is 12.2. The molecule has 0 aromatic heterocycles. The van der Waals surface area contributed by atoms with E-state index in [9.17, 15) is 13.2 Å². The van der Waals surface area contributed by atoms with Crippen LogP contribution in [0.5, 0.6) is 0 Å². The van der Waals surface area contributed by atoms with E-state index in [0.29, 0.717) is 18.5 Å². The van der Waals surface area contributed by atoms with Crippen molar-refractivity contribution in [2.45, 2.75) is 11.3 Å². The average Bonchev–Trinajstić information content (AvgIpc) is 2.61. The standard InChI is InChI=1S/C18H20N2O3S/c1-2-12-20-24(22,23)17-10-6-9-16(14-17)18(21)19-13-11-15-7-4-3-5-8-15/h2-10,14,20H,1,11-13H2,(H,19,21). The molecule has 0 heterocycles. The number of carbonyl (C=O) groups excluding carboxylic acids is 1. The molecule has 0 spiro atoms. The summed E-state index contributed by atoms with van der Waals surface area (Å²) in [5, 5.41) is 2.80. The lowest BCUT2D eigenvalue weighted by atomic mass is 10.1. The lowest BCUT2D eigenvalue weighted by molar-refractivity contribution is 0.0954. The van der Waals surface area contributed by atoms with E-state index in [1.807, 2.05) is 30.3 Å². The van der Waals surface area contributed by atoms with Gasteiger partial charge < -0.3 is 5.32 Å². The minimum atomic E-state index is -3.64. The van der Waals surface area contributed by atoms with Gasteiger partial charge in [-0.2, -0.15) is 0 Å². The van der Waals surface area contributed by atoms with E-state index in [-0.39, 0.29) is 17.3 Å². The molecule has 1 amide bonds. The second-order valence-electron chi connectivity index (χ2n) is 5.16. The number of hydrogen-bond donors (Lipinski definition) is 2. The predicted molar refractivity (Wildman–Crippen MR) is 94.3 cm³/mol. The van der Waals surface area contributed by atoms with E-state index in [0.717, 1.165) is 5.56 Å². The Morgan fingerprint density at radius 2 is 1.83 bits per heavy atom. The third kappa shape index (κ3) is 5.04. The summed E-state index contributed by atoms with van der Waals surface area (Å²) in [6, 6.07) is 15.8. The summed E-state index contributed by atoms with van der Waals surface area (Å²) in [4.78, 5) is 12.2. The molecule has 5 nitrogen and oxygen atoms in total. The molecule has 0 bridgehead atoms. The molecule has 0 unspecified atom stereocenters. The summed E-state index contributed by atoms with van der Waals surface area (Å²) in [5.74, 6) is -0.299. The second kappa shape index (κ2) is 8.42. The molecule has 0 saturated carbocycles. The molecular weight excluding hydrogens is 324 g/mol. The van der Waals surface area contributed by atoms with E-state index in [1.54, 1.807) is 12.1 Å². The van der Waals surface area contributed by atoms with Crippen LogP contribution in [0.15, 0.2) is 72.1 Å². The van der Waals surface area contributed by atoms with Crippen LogP contribution in [-0.2, 0) is 16.4 Å². The van der Waals surface area contributed by atoms with Crippen molar-refractivity contribution < 1.29 is 13.2 Å².